The van der Waals surface area contributed by atoms with Gasteiger partial charge in [0.1, 0.15) is 12.1 Å². The van der Waals surface area contributed by atoms with Gasteiger partial charge in [-0.2, -0.15) is 5.26 Å². The second kappa shape index (κ2) is 5.40. The van der Waals surface area contributed by atoms with Crippen LogP contribution in [0.25, 0.3) is 0 Å². The number of rotatable bonds is 5. The van der Waals surface area contributed by atoms with E-state index in [1.54, 1.807) is 20.8 Å². The Labute approximate surface area is 128 Å². The average Bonchev–Trinajstić information content (AvgIpc) is 3.25. The minimum Gasteiger partial charge on any atom is -0.336 e. The molecule has 0 radical (unpaired) electrons. The molecule has 5 amide bonds. The third kappa shape index (κ3) is 2.66. The maximum absolute atomic E-state index is 12.0. The van der Waals surface area contributed by atoms with Crippen LogP contribution < -0.4 is 5.32 Å². The van der Waals surface area contributed by atoms with Crippen LogP contribution in [0.4, 0.5) is 4.79 Å². The number of amides is 5. The van der Waals surface area contributed by atoms with E-state index in [2.05, 4.69) is 11.4 Å². The van der Waals surface area contributed by atoms with Crippen LogP contribution in [-0.2, 0) is 14.4 Å². The summed E-state index contributed by atoms with van der Waals surface area (Å²) in [7, 11) is 0. The molecular weight excluding hydrogens is 288 g/mol. The van der Waals surface area contributed by atoms with Crippen molar-refractivity contribution in [1.82, 2.24) is 15.1 Å². The number of carbonyl (C=O) groups is 4. The lowest BCUT2D eigenvalue weighted by molar-refractivity contribution is -0.144. The van der Waals surface area contributed by atoms with Gasteiger partial charge < -0.3 is 5.32 Å². The highest BCUT2D eigenvalue weighted by molar-refractivity contribution is 6.45. The van der Waals surface area contributed by atoms with Gasteiger partial charge in [-0.3, -0.25) is 19.3 Å². The summed E-state index contributed by atoms with van der Waals surface area (Å²) in [4.78, 5) is 49.1. The summed E-state index contributed by atoms with van der Waals surface area (Å²) >= 11 is 0. The molecule has 0 unspecified atom stereocenters. The van der Waals surface area contributed by atoms with Crippen molar-refractivity contribution in [2.24, 2.45) is 5.92 Å². The van der Waals surface area contributed by atoms with E-state index in [-0.39, 0.29) is 5.92 Å². The zero-order valence-electron chi connectivity index (χ0n) is 12.8. The second-order valence-corrected chi connectivity index (χ2v) is 6.08. The molecule has 2 fully saturated rings. The topological polar surface area (TPSA) is 111 Å². The van der Waals surface area contributed by atoms with E-state index in [0.29, 0.717) is 4.90 Å². The fourth-order valence-electron chi connectivity index (χ4n) is 2.47. The summed E-state index contributed by atoms with van der Waals surface area (Å²) in [5.74, 6) is -2.49. The van der Waals surface area contributed by atoms with Crippen LogP contribution in [0.15, 0.2) is 0 Å². The fraction of sp³-hybridized carbons (Fsp3) is 0.643. The fourth-order valence-corrected chi connectivity index (χ4v) is 2.47. The summed E-state index contributed by atoms with van der Waals surface area (Å²) in [5, 5.41) is 11.7. The predicted molar refractivity (Wildman–Crippen MR) is 74.0 cm³/mol. The van der Waals surface area contributed by atoms with E-state index in [1.165, 1.54) is 0 Å². The van der Waals surface area contributed by atoms with Gasteiger partial charge in [-0.15, -0.1) is 0 Å². The maximum atomic E-state index is 12.0. The molecule has 0 spiro atoms. The van der Waals surface area contributed by atoms with E-state index in [4.69, 9.17) is 0 Å². The number of nitrogens with one attached hydrogen (secondary N) is 1. The quantitative estimate of drug-likeness (QED) is 0.567. The van der Waals surface area contributed by atoms with Crippen LogP contribution in [-0.4, -0.2) is 51.7 Å². The predicted octanol–water partition coefficient (Wildman–Crippen LogP) is -0.00592. The van der Waals surface area contributed by atoms with Crippen LogP contribution in [0.1, 0.15) is 33.6 Å². The van der Waals surface area contributed by atoms with Gasteiger partial charge in [-0.25, -0.2) is 9.69 Å². The molecule has 2 aliphatic rings. The van der Waals surface area contributed by atoms with Crippen LogP contribution in [0.3, 0.4) is 0 Å². The number of carbonyl (C=O) groups excluding carboxylic acids is 4. The van der Waals surface area contributed by atoms with E-state index in [9.17, 15) is 24.4 Å². The van der Waals surface area contributed by atoms with Crippen LogP contribution in [0, 0.1) is 17.2 Å². The van der Waals surface area contributed by atoms with E-state index in [1.807, 2.05) is 0 Å². The molecule has 1 atom stereocenters. The first-order chi connectivity index (χ1) is 10.2. The summed E-state index contributed by atoms with van der Waals surface area (Å²) in [6.07, 6.45) is 1.71. The van der Waals surface area contributed by atoms with Crippen molar-refractivity contribution in [3.8, 4) is 6.07 Å². The standard InChI is InChI=1S/C14H18N4O4/c1-8(2)18-12(21)11(20)17(13(18)22)6-10(19)16-14(3,7-15)9-4-5-9/h8-9H,4-6H2,1-3H3,(H,16,19)/t14-/m1/s1. The lowest BCUT2D eigenvalue weighted by atomic mass is 9.98. The molecule has 8 heteroatoms. The van der Waals surface area contributed by atoms with Gasteiger partial charge in [0, 0.05) is 6.04 Å². The molecule has 1 saturated heterocycles. The molecule has 2 rings (SSSR count). The van der Waals surface area contributed by atoms with Gasteiger partial charge in [0.2, 0.25) is 5.91 Å². The minimum absolute atomic E-state index is 0.0835. The highest BCUT2D eigenvalue weighted by Gasteiger charge is 2.48. The first-order valence-corrected chi connectivity index (χ1v) is 7.12. The number of nitriles is 1. The van der Waals surface area contributed by atoms with Crippen molar-refractivity contribution in [3.05, 3.63) is 0 Å². The Morgan fingerprint density at radius 3 is 2.36 bits per heavy atom. The molecule has 1 heterocycles. The number of imide groups is 2. The van der Waals surface area contributed by atoms with Crippen molar-refractivity contribution in [2.45, 2.75) is 45.2 Å². The molecule has 8 nitrogen and oxygen atoms in total. The van der Waals surface area contributed by atoms with Crippen molar-refractivity contribution in [3.63, 3.8) is 0 Å². The molecule has 22 heavy (non-hydrogen) atoms. The summed E-state index contributed by atoms with van der Waals surface area (Å²) in [6, 6.07) is 0.791. The van der Waals surface area contributed by atoms with Crippen LogP contribution >= 0.6 is 0 Å². The first-order valence-electron chi connectivity index (χ1n) is 7.12. The Balaban J connectivity index is 2.06. The monoisotopic (exact) mass is 306 g/mol. The smallest absolute Gasteiger partial charge is 0.334 e. The van der Waals surface area contributed by atoms with E-state index < -0.39 is 41.9 Å². The second-order valence-electron chi connectivity index (χ2n) is 6.08. The highest BCUT2D eigenvalue weighted by Crippen LogP contribution is 2.39. The van der Waals surface area contributed by atoms with Crippen molar-refractivity contribution in [1.29, 1.82) is 5.26 Å². The highest BCUT2D eigenvalue weighted by atomic mass is 16.2. The Hall–Kier alpha value is -2.43. The SMILES string of the molecule is CC(C)N1C(=O)C(=O)N(CC(=O)N[C@](C)(C#N)C2CC2)C1=O. The van der Waals surface area contributed by atoms with Crippen molar-refractivity contribution < 1.29 is 19.2 Å². The Bertz CT molecular complexity index is 590. The summed E-state index contributed by atoms with van der Waals surface area (Å²) in [5.41, 5.74) is -1.01. The minimum atomic E-state index is -1.01. The maximum Gasteiger partial charge on any atom is 0.334 e. The lowest BCUT2D eigenvalue weighted by Crippen LogP contribution is -2.51. The molecule has 0 bridgehead atoms. The average molecular weight is 306 g/mol. The largest absolute Gasteiger partial charge is 0.336 e. The van der Waals surface area contributed by atoms with Gasteiger partial charge in [-0.1, -0.05) is 0 Å². The molecule has 1 N–H and O–H groups in total. The van der Waals surface area contributed by atoms with Gasteiger partial charge in [0.25, 0.3) is 0 Å². The molecule has 1 aliphatic heterocycles. The first kappa shape index (κ1) is 15.9. The third-order valence-corrected chi connectivity index (χ3v) is 3.93. The Kier molecular flexibility index (Phi) is 3.92. The van der Waals surface area contributed by atoms with Crippen molar-refractivity contribution in [2.75, 3.05) is 6.54 Å². The normalized spacial score (nSPS) is 21.1. The lowest BCUT2D eigenvalue weighted by Gasteiger charge is -2.24. The van der Waals surface area contributed by atoms with Gasteiger partial charge in [0.15, 0.2) is 0 Å². The zero-order chi connectivity index (χ0) is 16.7. The molecular formula is C14H18N4O4. The van der Waals surface area contributed by atoms with Crippen LogP contribution in [0.5, 0.6) is 0 Å². The Morgan fingerprint density at radius 2 is 1.95 bits per heavy atom. The van der Waals surface area contributed by atoms with Gasteiger partial charge in [0.05, 0.1) is 6.07 Å². The number of nitrogens with zero attached hydrogens (tertiary/aromatic N) is 3. The van der Waals surface area contributed by atoms with Gasteiger partial charge >= 0.3 is 17.8 Å². The number of urea groups is 1. The number of hydrogen-bond acceptors (Lipinski definition) is 5. The molecule has 1 saturated carbocycles. The molecule has 0 aromatic rings. The van der Waals surface area contributed by atoms with E-state index >= 15 is 0 Å². The summed E-state index contributed by atoms with van der Waals surface area (Å²) in [6.45, 7) is 4.26. The molecule has 0 aromatic heterocycles. The molecule has 0 aromatic carbocycles. The molecule has 1 aliphatic carbocycles. The van der Waals surface area contributed by atoms with Gasteiger partial charge in [-0.05, 0) is 39.5 Å². The number of hydrogen-bond donors (Lipinski definition) is 1. The van der Waals surface area contributed by atoms with E-state index in [0.717, 1.165) is 17.7 Å². The molecule has 118 valence electrons. The Morgan fingerprint density at radius 1 is 1.36 bits per heavy atom. The zero-order valence-corrected chi connectivity index (χ0v) is 12.8. The summed E-state index contributed by atoms with van der Waals surface area (Å²) < 4.78 is 0. The van der Waals surface area contributed by atoms with Crippen molar-refractivity contribution >= 4 is 23.8 Å². The van der Waals surface area contributed by atoms with Crippen LogP contribution in [0.2, 0.25) is 0 Å². The third-order valence-electron chi connectivity index (χ3n) is 3.93.